The lowest BCUT2D eigenvalue weighted by molar-refractivity contribution is -0.134. The lowest BCUT2D eigenvalue weighted by atomic mass is 10.1. The molecule has 0 bridgehead atoms. The summed E-state index contributed by atoms with van der Waals surface area (Å²) >= 11 is 0. The van der Waals surface area contributed by atoms with Crippen molar-refractivity contribution >= 4 is 5.91 Å². The molecular formula is C17H23N3O3. The lowest BCUT2D eigenvalue weighted by Gasteiger charge is -2.23. The molecule has 0 aliphatic heterocycles. The van der Waals surface area contributed by atoms with Crippen LogP contribution in [0.3, 0.4) is 0 Å². The monoisotopic (exact) mass is 317 g/mol. The second-order valence-electron chi connectivity index (χ2n) is 6.62. The molecule has 1 fully saturated rings. The third-order valence-corrected chi connectivity index (χ3v) is 4.80. The maximum Gasteiger partial charge on any atom is 0.226 e. The van der Waals surface area contributed by atoms with Gasteiger partial charge in [-0.25, -0.2) is 0 Å². The minimum atomic E-state index is 0.135. The molecule has 2 aromatic rings. The molecular weight excluding hydrogens is 294 g/mol. The van der Waals surface area contributed by atoms with Crippen molar-refractivity contribution in [2.24, 2.45) is 11.8 Å². The van der Waals surface area contributed by atoms with E-state index in [1.165, 1.54) is 0 Å². The van der Waals surface area contributed by atoms with Gasteiger partial charge in [0.25, 0.3) is 0 Å². The predicted octanol–water partition coefficient (Wildman–Crippen LogP) is 3.08. The quantitative estimate of drug-likeness (QED) is 0.847. The first-order valence-electron chi connectivity index (χ1n) is 8.00. The van der Waals surface area contributed by atoms with Gasteiger partial charge in [0.15, 0.2) is 0 Å². The Morgan fingerprint density at radius 2 is 1.48 bits per heavy atom. The summed E-state index contributed by atoms with van der Waals surface area (Å²) in [5.41, 5.74) is 3.64. The number of hydrogen-bond donors (Lipinski definition) is 0. The Morgan fingerprint density at radius 1 is 1.04 bits per heavy atom. The molecule has 1 aliphatic rings. The number of aryl methyl sites for hydroxylation is 4. The summed E-state index contributed by atoms with van der Waals surface area (Å²) in [5, 5.41) is 7.98. The molecule has 0 spiro atoms. The topological polar surface area (TPSA) is 72.4 Å². The Balaban J connectivity index is 1.86. The van der Waals surface area contributed by atoms with Crippen molar-refractivity contribution in [3.8, 4) is 0 Å². The Kier molecular flexibility index (Phi) is 4.00. The largest absolute Gasteiger partial charge is 0.361 e. The Hall–Kier alpha value is -2.11. The molecule has 0 radical (unpaired) electrons. The van der Waals surface area contributed by atoms with Crippen molar-refractivity contribution in [2.75, 3.05) is 0 Å². The molecule has 2 atom stereocenters. The van der Waals surface area contributed by atoms with Crippen LogP contribution in [0.2, 0.25) is 0 Å². The van der Waals surface area contributed by atoms with Gasteiger partial charge in [0.2, 0.25) is 5.91 Å². The van der Waals surface area contributed by atoms with Gasteiger partial charge in [-0.2, -0.15) is 0 Å². The first kappa shape index (κ1) is 15.8. The second-order valence-corrected chi connectivity index (χ2v) is 6.62. The Morgan fingerprint density at radius 3 is 1.78 bits per heavy atom. The number of amides is 1. The molecule has 0 N–H and O–H groups in total. The average Bonchev–Trinajstić information content (AvgIpc) is 3.06. The summed E-state index contributed by atoms with van der Waals surface area (Å²) in [7, 11) is 0. The molecule has 23 heavy (non-hydrogen) atoms. The Labute approximate surface area is 135 Å². The van der Waals surface area contributed by atoms with Crippen LogP contribution >= 0.6 is 0 Å². The number of carbonyl (C=O) groups excluding carboxylic acids is 1. The van der Waals surface area contributed by atoms with E-state index in [-0.39, 0.29) is 11.8 Å². The molecule has 6 nitrogen and oxygen atoms in total. The fourth-order valence-corrected chi connectivity index (χ4v) is 2.95. The summed E-state index contributed by atoms with van der Waals surface area (Å²) in [6.07, 6.45) is 0.971. The van der Waals surface area contributed by atoms with Crippen LogP contribution in [0.1, 0.15) is 47.4 Å². The van der Waals surface area contributed by atoms with Gasteiger partial charge in [-0.15, -0.1) is 0 Å². The van der Waals surface area contributed by atoms with E-state index in [4.69, 9.17) is 9.05 Å². The number of nitrogens with zero attached hydrogens (tertiary/aromatic N) is 3. The van der Waals surface area contributed by atoms with Crippen LogP contribution in [0.5, 0.6) is 0 Å². The van der Waals surface area contributed by atoms with E-state index in [1.54, 1.807) is 0 Å². The van der Waals surface area contributed by atoms with Crippen LogP contribution in [0.4, 0.5) is 0 Å². The van der Waals surface area contributed by atoms with E-state index in [2.05, 4.69) is 17.2 Å². The van der Waals surface area contributed by atoms with Gasteiger partial charge in [0, 0.05) is 17.0 Å². The zero-order chi connectivity index (χ0) is 16.7. The van der Waals surface area contributed by atoms with Gasteiger partial charge in [-0.05, 0) is 40.0 Å². The van der Waals surface area contributed by atoms with Crippen LogP contribution in [0.15, 0.2) is 9.05 Å². The number of rotatable bonds is 5. The highest BCUT2D eigenvalue weighted by Gasteiger charge is 2.42. The summed E-state index contributed by atoms with van der Waals surface area (Å²) in [6.45, 7) is 10.7. The molecule has 1 amide bonds. The van der Waals surface area contributed by atoms with Gasteiger partial charge in [-0.1, -0.05) is 17.2 Å². The van der Waals surface area contributed by atoms with Gasteiger partial charge in [0.05, 0.1) is 24.5 Å². The molecule has 2 aromatic heterocycles. The van der Waals surface area contributed by atoms with Crippen molar-refractivity contribution in [1.82, 2.24) is 15.2 Å². The van der Waals surface area contributed by atoms with Crippen molar-refractivity contribution in [1.29, 1.82) is 0 Å². The first-order chi connectivity index (χ1) is 10.9. The van der Waals surface area contributed by atoms with Crippen LogP contribution in [-0.4, -0.2) is 21.1 Å². The minimum Gasteiger partial charge on any atom is -0.361 e. The molecule has 6 heteroatoms. The summed E-state index contributed by atoms with van der Waals surface area (Å²) < 4.78 is 10.5. The van der Waals surface area contributed by atoms with Gasteiger partial charge < -0.3 is 13.9 Å². The smallest absolute Gasteiger partial charge is 0.226 e. The molecule has 0 unspecified atom stereocenters. The molecule has 0 aromatic carbocycles. The van der Waals surface area contributed by atoms with Crippen molar-refractivity contribution in [3.63, 3.8) is 0 Å². The van der Waals surface area contributed by atoms with Crippen LogP contribution in [-0.2, 0) is 17.9 Å². The van der Waals surface area contributed by atoms with Crippen LogP contribution in [0, 0.1) is 39.5 Å². The molecule has 1 saturated carbocycles. The fraction of sp³-hybridized carbons (Fsp3) is 0.588. The average molecular weight is 317 g/mol. The maximum absolute atomic E-state index is 12.8. The van der Waals surface area contributed by atoms with Crippen LogP contribution in [0.25, 0.3) is 0 Å². The van der Waals surface area contributed by atoms with E-state index < -0.39 is 0 Å². The van der Waals surface area contributed by atoms with Gasteiger partial charge in [0.1, 0.15) is 11.5 Å². The predicted molar refractivity (Wildman–Crippen MR) is 83.5 cm³/mol. The van der Waals surface area contributed by atoms with E-state index >= 15 is 0 Å². The van der Waals surface area contributed by atoms with Crippen LogP contribution < -0.4 is 0 Å². The second kappa shape index (κ2) is 5.83. The summed E-state index contributed by atoms with van der Waals surface area (Å²) in [4.78, 5) is 14.7. The van der Waals surface area contributed by atoms with E-state index in [0.29, 0.717) is 19.0 Å². The Bertz CT molecular complexity index is 644. The molecule has 0 saturated heterocycles. The maximum atomic E-state index is 12.8. The third kappa shape index (κ3) is 3.02. The SMILES string of the molecule is Cc1noc(C)c1CN(Cc1c(C)noc1C)C(=O)[C@@H]1C[C@@H]1C. The standard InChI is InChI=1S/C17H23N3O3/c1-9-6-14(9)17(21)20(7-15-10(2)18-22-12(15)4)8-16-11(3)19-23-13(16)5/h9,14H,6-8H2,1-5H3/t9-,14+/m0/s1. The van der Waals surface area contributed by atoms with E-state index in [0.717, 1.165) is 40.5 Å². The van der Waals surface area contributed by atoms with E-state index in [9.17, 15) is 4.79 Å². The first-order valence-corrected chi connectivity index (χ1v) is 8.00. The zero-order valence-electron chi connectivity index (χ0n) is 14.3. The summed E-state index contributed by atoms with van der Waals surface area (Å²) in [6, 6.07) is 0. The van der Waals surface area contributed by atoms with Crippen molar-refractivity contribution < 1.29 is 13.8 Å². The number of hydrogen-bond acceptors (Lipinski definition) is 5. The zero-order valence-corrected chi connectivity index (χ0v) is 14.3. The van der Waals surface area contributed by atoms with Crippen molar-refractivity contribution in [3.05, 3.63) is 34.0 Å². The van der Waals surface area contributed by atoms with Gasteiger partial charge >= 0.3 is 0 Å². The van der Waals surface area contributed by atoms with E-state index in [1.807, 2.05) is 32.6 Å². The molecule has 2 heterocycles. The van der Waals surface area contributed by atoms with Crippen molar-refractivity contribution in [2.45, 2.75) is 54.1 Å². The minimum absolute atomic E-state index is 0.135. The normalized spacial score (nSPS) is 19.9. The highest BCUT2D eigenvalue weighted by molar-refractivity contribution is 5.81. The number of carbonyl (C=O) groups is 1. The molecule has 124 valence electrons. The van der Waals surface area contributed by atoms with Gasteiger partial charge in [-0.3, -0.25) is 4.79 Å². The fourth-order valence-electron chi connectivity index (χ4n) is 2.95. The lowest BCUT2D eigenvalue weighted by Crippen LogP contribution is -2.32. The molecule has 1 aliphatic carbocycles. The third-order valence-electron chi connectivity index (χ3n) is 4.80. The highest BCUT2D eigenvalue weighted by Crippen LogP contribution is 2.40. The number of aromatic nitrogens is 2. The molecule has 3 rings (SSSR count). The summed E-state index contributed by atoms with van der Waals surface area (Å²) in [5.74, 6) is 2.33. The highest BCUT2D eigenvalue weighted by atomic mass is 16.5.